The molecule has 1 fully saturated rings. The van der Waals surface area contributed by atoms with E-state index < -0.39 is 0 Å². The van der Waals surface area contributed by atoms with Crippen LogP contribution in [0, 0.1) is 0 Å². The van der Waals surface area contributed by atoms with E-state index in [9.17, 15) is 0 Å². The number of aromatic nitrogens is 4. The number of benzene rings is 2. The molecule has 0 bridgehead atoms. The van der Waals surface area contributed by atoms with E-state index in [-0.39, 0.29) is 0 Å². The van der Waals surface area contributed by atoms with Gasteiger partial charge in [-0.3, -0.25) is 20.0 Å². The van der Waals surface area contributed by atoms with Crippen LogP contribution in [0.5, 0.6) is 34.5 Å². The van der Waals surface area contributed by atoms with E-state index in [1.165, 1.54) is 0 Å². The van der Waals surface area contributed by atoms with Gasteiger partial charge >= 0.3 is 0 Å². The van der Waals surface area contributed by atoms with Gasteiger partial charge in [0.15, 0.2) is 23.0 Å². The predicted molar refractivity (Wildman–Crippen MR) is 163 cm³/mol. The summed E-state index contributed by atoms with van der Waals surface area (Å²) in [7, 11) is 9.64. The van der Waals surface area contributed by atoms with E-state index >= 15 is 0 Å². The zero-order valence-corrected chi connectivity index (χ0v) is 25.7. The molecule has 0 saturated carbocycles. The summed E-state index contributed by atoms with van der Waals surface area (Å²) in [5.41, 5.74) is 5.55. The van der Waals surface area contributed by atoms with Gasteiger partial charge in [-0.05, 0) is 55.9 Å². The van der Waals surface area contributed by atoms with Crippen molar-refractivity contribution in [2.75, 3.05) is 68.8 Å². The summed E-state index contributed by atoms with van der Waals surface area (Å²) in [6.45, 7) is 5.50. The Balaban J connectivity index is 1.20. The fourth-order valence-corrected chi connectivity index (χ4v) is 5.46. The van der Waals surface area contributed by atoms with E-state index in [1.54, 1.807) is 42.7 Å². The highest BCUT2D eigenvalue weighted by molar-refractivity contribution is 5.69. The van der Waals surface area contributed by atoms with Gasteiger partial charge in [-0.15, -0.1) is 0 Å². The fourth-order valence-electron chi connectivity index (χ4n) is 5.46. The Bertz CT molecular complexity index is 1360. The molecule has 1 aliphatic rings. The maximum absolute atomic E-state index is 5.51. The quantitative estimate of drug-likeness (QED) is 0.247. The largest absolute Gasteiger partial charge is 0.493 e. The minimum atomic E-state index is 0.561. The Morgan fingerprint density at radius 3 is 1.23 bits per heavy atom. The van der Waals surface area contributed by atoms with Crippen molar-refractivity contribution in [3.8, 4) is 57.0 Å². The van der Waals surface area contributed by atoms with Crippen LogP contribution in [0.15, 0.2) is 36.4 Å². The molecule has 1 aliphatic heterocycles. The van der Waals surface area contributed by atoms with Crippen LogP contribution < -0.4 is 28.4 Å². The van der Waals surface area contributed by atoms with Gasteiger partial charge in [-0.1, -0.05) is 0 Å². The lowest BCUT2D eigenvalue weighted by Crippen LogP contribution is -2.30. The van der Waals surface area contributed by atoms with E-state index in [0.717, 1.165) is 79.6 Å². The van der Waals surface area contributed by atoms with Crippen LogP contribution in [0.25, 0.3) is 22.5 Å². The molecule has 5 rings (SSSR count). The van der Waals surface area contributed by atoms with E-state index in [4.69, 9.17) is 28.4 Å². The highest BCUT2D eigenvalue weighted by Gasteiger charge is 2.20. The molecule has 2 N–H and O–H groups in total. The van der Waals surface area contributed by atoms with Crippen LogP contribution in [0.2, 0.25) is 0 Å². The van der Waals surface area contributed by atoms with Gasteiger partial charge in [-0.25, -0.2) is 0 Å². The van der Waals surface area contributed by atoms with Gasteiger partial charge in [-0.2, -0.15) is 10.2 Å². The monoisotopic (exact) mass is 592 g/mol. The molecular weight excluding hydrogens is 552 g/mol. The summed E-state index contributed by atoms with van der Waals surface area (Å²) < 4.78 is 32.9. The third-order valence-corrected chi connectivity index (χ3v) is 7.65. The van der Waals surface area contributed by atoms with Crippen molar-refractivity contribution in [3.05, 3.63) is 47.8 Å². The molecule has 3 heterocycles. The molecule has 43 heavy (non-hydrogen) atoms. The standard InChI is InChI=1S/C31H40N6O6/c1-38-26-12-20(13-27(39-2)30(26)42-5)24-16-22(32-34-24)18-36-8-7-9-37(11-10-36)19-23-17-25(35-33-23)21-14-28(40-3)31(43-6)29(15-21)41-4/h12-17H,7-11,18-19H2,1-6H3,(H,32,34)(H,33,35). The highest BCUT2D eigenvalue weighted by atomic mass is 16.5. The molecule has 0 unspecified atom stereocenters. The maximum atomic E-state index is 5.51. The Morgan fingerprint density at radius 2 is 0.907 bits per heavy atom. The van der Waals surface area contributed by atoms with Gasteiger partial charge < -0.3 is 28.4 Å². The van der Waals surface area contributed by atoms with Crippen LogP contribution in [-0.4, -0.2) is 99.0 Å². The number of H-pyrrole nitrogens is 2. The van der Waals surface area contributed by atoms with Crippen molar-refractivity contribution in [3.63, 3.8) is 0 Å². The first-order valence-electron chi connectivity index (χ1n) is 14.1. The van der Waals surface area contributed by atoms with Gasteiger partial charge in [0, 0.05) is 48.7 Å². The van der Waals surface area contributed by atoms with Crippen LogP contribution in [0.1, 0.15) is 17.8 Å². The number of rotatable bonds is 12. The second-order valence-electron chi connectivity index (χ2n) is 10.3. The molecule has 2 aromatic carbocycles. The number of nitrogens with one attached hydrogen (secondary N) is 2. The number of nitrogens with zero attached hydrogens (tertiary/aromatic N) is 4. The molecule has 0 radical (unpaired) electrons. The SMILES string of the molecule is COc1cc(-c2cc(CN3CCCN(Cc4cc(-c5cc(OC)c(OC)c(OC)c5)n[nH]4)CC3)[nH]n2)cc(OC)c1OC. The number of hydrogen-bond donors (Lipinski definition) is 2. The molecule has 0 aliphatic carbocycles. The summed E-state index contributed by atoms with van der Waals surface area (Å²) in [4.78, 5) is 4.92. The minimum absolute atomic E-state index is 0.561. The summed E-state index contributed by atoms with van der Waals surface area (Å²) >= 11 is 0. The summed E-state index contributed by atoms with van der Waals surface area (Å²) in [6.07, 6.45) is 1.07. The molecule has 1 saturated heterocycles. The first-order chi connectivity index (χ1) is 21.0. The Morgan fingerprint density at radius 1 is 0.535 bits per heavy atom. The van der Waals surface area contributed by atoms with E-state index in [1.807, 2.05) is 24.3 Å². The summed E-state index contributed by atoms with van der Waals surface area (Å²) in [5, 5.41) is 15.5. The molecule has 4 aromatic rings. The summed E-state index contributed by atoms with van der Waals surface area (Å²) in [5.74, 6) is 3.52. The van der Waals surface area contributed by atoms with Crippen LogP contribution in [-0.2, 0) is 13.1 Å². The Labute approximate surface area is 251 Å². The van der Waals surface area contributed by atoms with Gasteiger partial charge in [0.25, 0.3) is 0 Å². The zero-order valence-electron chi connectivity index (χ0n) is 25.7. The highest BCUT2D eigenvalue weighted by Crippen LogP contribution is 2.42. The first-order valence-corrected chi connectivity index (χ1v) is 14.1. The third-order valence-electron chi connectivity index (χ3n) is 7.65. The fraction of sp³-hybridized carbons (Fsp3) is 0.419. The average molecular weight is 593 g/mol. The molecule has 12 heteroatoms. The van der Waals surface area contributed by atoms with Gasteiger partial charge in [0.05, 0.1) is 54.0 Å². The average Bonchev–Trinajstić information content (AvgIpc) is 3.65. The third kappa shape index (κ3) is 6.65. The molecular formula is C31H40N6O6. The van der Waals surface area contributed by atoms with Crippen molar-refractivity contribution in [1.29, 1.82) is 0 Å². The number of ether oxygens (including phenoxy) is 6. The van der Waals surface area contributed by atoms with Crippen LogP contribution in [0.4, 0.5) is 0 Å². The number of methoxy groups -OCH3 is 6. The first kappa shape index (κ1) is 30.1. The molecule has 12 nitrogen and oxygen atoms in total. The lowest BCUT2D eigenvalue weighted by molar-refractivity contribution is 0.244. The smallest absolute Gasteiger partial charge is 0.203 e. The van der Waals surface area contributed by atoms with E-state index in [0.29, 0.717) is 34.5 Å². The molecule has 2 aromatic heterocycles. The number of aromatic amines is 2. The normalized spacial score (nSPS) is 14.3. The van der Waals surface area contributed by atoms with Gasteiger partial charge in [0.1, 0.15) is 0 Å². The Kier molecular flexibility index (Phi) is 9.58. The van der Waals surface area contributed by atoms with Crippen LogP contribution in [0.3, 0.4) is 0 Å². The second kappa shape index (κ2) is 13.7. The lowest BCUT2D eigenvalue weighted by atomic mass is 10.1. The van der Waals surface area contributed by atoms with E-state index in [2.05, 4.69) is 42.3 Å². The zero-order chi connectivity index (χ0) is 30.3. The van der Waals surface area contributed by atoms with Crippen molar-refractivity contribution in [2.24, 2.45) is 0 Å². The lowest BCUT2D eigenvalue weighted by Gasteiger charge is -2.20. The predicted octanol–water partition coefficient (Wildman–Crippen LogP) is 4.23. The number of hydrogen-bond acceptors (Lipinski definition) is 10. The molecule has 0 atom stereocenters. The Hall–Kier alpha value is -4.42. The molecule has 230 valence electrons. The second-order valence-corrected chi connectivity index (χ2v) is 10.3. The summed E-state index contributed by atoms with van der Waals surface area (Å²) in [6, 6.07) is 11.8. The molecule has 0 spiro atoms. The topological polar surface area (TPSA) is 119 Å². The minimum Gasteiger partial charge on any atom is -0.493 e. The maximum Gasteiger partial charge on any atom is 0.203 e. The van der Waals surface area contributed by atoms with Gasteiger partial charge in [0.2, 0.25) is 11.5 Å². The van der Waals surface area contributed by atoms with Crippen molar-refractivity contribution in [1.82, 2.24) is 30.2 Å². The van der Waals surface area contributed by atoms with Crippen molar-refractivity contribution < 1.29 is 28.4 Å². The van der Waals surface area contributed by atoms with Crippen molar-refractivity contribution >= 4 is 0 Å². The van der Waals surface area contributed by atoms with Crippen LogP contribution >= 0.6 is 0 Å². The van der Waals surface area contributed by atoms with Crippen molar-refractivity contribution in [2.45, 2.75) is 19.5 Å². The molecule has 0 amide bonds.